The summed E-state index contributed by atoms with van der Waals surface area (Å²) in [5.41, 5.74) is 3.16. The van der Waals surface area contributed by atoms with Crippen LogP contribution in [0.3, 0.4) is 0 Å². The van der Waals surface area contributed by atoms with E-state index >= 15 is 0 Å². The van der Waals surface area contributed by atoms with Crippen molar-refractivity contribution in [2.45, 2.75) is 32.3 Å². The first-order valence-electron chi connectivity index (χ1n) is 8.03. The molecule has 7 heteroatoms. The largest absolute Gasteiger partial charge is 0.481 e. The van der Waals surface area contributed by atoms with Gasteiger partial charge in [-0.1, -0.05) is 43.2 Å². The molecule has 1 fully saturated rings. The molecule has 2 atom stereocenters. The third-order valence-corrected chi connectivity index (χ3v) is 4.11. The van der Waals surface area contributed by atoms with Gasteiger partial charge in [-0.2, -0.15) is 0 Å². The lowest BCUT2D eigenvalue weighted by Crippen LogP contribution is -2.43. The first kappa shape index (κ1) is 17.9. The molecule has 0 heterocycles. The molecule has 130 valence electrons. The molecule has 0 aliphatic heterocycles. The van der Waals surface area contributed by atoms with Gasteiger partial charge >= 0.3 is 5.97 Å². The van der Waals surface area contributed by atoms with Crippen molar-refractivity contribution in [3.63, 3.8) is 0 Å². The van der Waals surface area contributed by atoms with Crippen LogP contribution >= 0.6 is 0 Å². The van der Waals surface area contributed by atoms with Gasteiger partial charge in [0.15, 0.2) is 0 Å². The van der Waals surface area contributed by atoms with Crippen molar-refractivity contribution in [1.29, 1.82) is 0 Å². The molecule has 0 saturated heterocycles. The SMILES string of the molecule is O=C(CNC(=O)[C@H]1CCCC[C@H]1C(=O)O)NOCc1ccccc1. The highest BCUT2D eigenvalue weighted by molar-refractivity contribution is 5.88. The summed E-state index contributed by atoms with van der Waals surface area (Å²) in [6, 6.07) is 9.34. The molecule has 1 aromatic carbocycles. The first-order valence-corrected chi connectivity index (χ1v) is 8.03. The van der Waals surface area contributed by atoms with Crippen LogP contribution in [0.2, 0.25) is 0 Å². The second kappa shape index (κ2) is 9.02. The van der Waals surface area contributed by atoms with Gasteiger partial charge in [0.05, 0.1) is 25.0 Å². The van der Waals surface area contributed by atoms with Crippen LogP contribution in [-0.4, -0.2) is 29.4 Å². The third kappa shape index (κ3) is 5.34. The maximum Gasteiger partial charge on any atom is 0.307 e. The normalized spacial score (nSPS) is 20.2. The van der Waals surface area contributed by atoms with Crippen molar-refractivity contribution in [1.82, 2.24) is 10.8 Å². The quantitative estimate of drug-likeness (QED) is 0.651. The summed E-state index contributed by atoms with van der Waals surface area (Å²) >= 11 is 0. The Bertz CT molecular complexity index is 576. The number of nitrogens with one attached hydrogen (secondary N) is 2. The Hall–Kier alpha value is -2.41. The van der Waals surface area contributed by atoms with Crippen molar-refractivity contribution < 1.29 is 24.3 Å². The highest BCUT2D eigenvalue weighted by atomic mass is 16.6. The van der Waals surface area contributed by atoms with Crippen molar-refractivity contribution >= 4 is 17.8 Å². The van der Waals surface area contributed by atoms with E-state index in [1.54, 1.807) is 0 Å². The van der Waals surface area contributed by atoms with Crippen molar-refractivity contribution in [3.8, 4) is 0 Å². The maximum absolute atomic E-state index is 12.1. The molecule has 1 aliphatic rings. The van der Waals surface area contributed by atoms with Gasteiger partial charge < -0.3 is 10.4 Å². The van der Waals surface area contributed by atoms with Crippen LogP contribution in [0.5, 0.6) is 0 Å². The molecule has 2 rings (SSSR count). The molecule has 1 aliphatic carbocycles. The summed E-state index contributed by atoms with van der Waals surface area (Å²) in [5, 5.41) is 11.7. The molecule has 1 saturated carbocycles. The van der Waals surface area contributed by atoms with Gasteiger partial charge in [0.1, 0.15) is 0 Å². The zero-order chi connectivity index (χ0) is 17.4. The molecule has 7 nitrogen and oxygen atoms in total. The fraction of sp³-hybridized carbons (Fsp3) is 0.471. The number of hydrogen-bond donors (Lipinski definition) is 3. The molecule has 1 aromatic rings. The van der Waals surface area contributed by atoms with E-state index in [1.165, 1.54) is 0 Å². The fourth-order valence-electron chi connectivity index (χ4n) is 2.85. The molecular formula is C17H22N2O5. The summed E-state index contributed by atoms with van der Waals surface area (Å²) in [6.45, 7) is -0.0132. The van der Waals surface area contributed by atoms with E-state index < -0.39 is 23.7 Å². The lowest BCUT2D eigenvalue weighted by atomic mass is 9.79. The molecule has 24 heavy (non-hydrogen) atoms. The Kier molecular flexibility index (Phi) is 6.74. The average Bonchev–Trinajstić information content (AvgIpc) is 2.60. The number of rotatable bonds is 7. The molecular weight excluding hydrogens is 312 g/mol. The second-order valence-electron chi connectivity index (χ2n) is 5.85. The van der Waals surface area contributed by atoms with Gasteiger partial charge in [0.2, 0.25) is 5.91 Å². The van der Waals surface area contributed by atoms with Gasteiger partial charge in [-0.15, -0.1) is 0 Å². The number of carbonyl (C=O) groups is 3. The van der Waals surface area contributed by atoms with Crippen LogP contribution < -0.4 is 10.8 Å². The minimum absolute atomic E-state index is 0.226. The van der Waals surface area contributed by atoms with Gasteiger partial charge in [-0.25, -0.2) is 5.48 Å². The predicted molar refractivity (Wildman–Crippen MR) is 85.5 cm³/mol. The number of amides is 2. The van der Waals surface area contributed by atoms with Crippen LogP contribution in [0.1, 0.15) is 31.2 Å². The summed E-state index contributed by atoms with van der Waals surface area (Å²) in [7, 11) is 0. The molecule has 2 amide bonds. The number of carboxylic acid groups (broad SMARTS) is 1. The highest BCUT2D eigenvalue weighted by Gasteiger charge is 2.35. The van der Waals surface area contributed by atoms with Crippen molar-refractivity contribution in [2.24, 2.45) is 11.8 Å². The minimum Gasteiger partial charge on any atom is -0.481 e. The second-order valence-corrected chi connectivity index (χ2v) is 5.85. The number of carboxylic acids is 1. The Labute approximate surface area is 140 Å². The van der Waals surface area contributed by atoms with E-state index in [9.17, 15) is 19.5 Å². The predicted octanol–water partition coefficient (Wildman–Crippen LogP) is 1.24. The number of hydroxylamine groups is 1. The lowest BCUT2D eigenvalue weighted by Gasteiger charge is -2.27. The van der Waals surface area contributed by atoms with E-state index in [4.69, 9.17) is 4.84 Å². The molecule has 0 aromatic heterocycles. The van der Waals surface area contributed by atoms with Gasteiger partial charge in [0.25, 0.3) is 5.91 Å². The van der Waals surface area contributed by atoms with Crippen LogP contribution in [0, 0.1) is 11.8 Å². The fourth-order valence-corrected chi connectivity index (χ4v) is 2.85. The van der Waals surface area contributed by atoms with Gasteiger partial charge in [-0.05, 0) is 18.4 Å². The summed E-state index contributed by atoms with van der Waals surface area (Å²) < 4.78 is 0. The van der Waals surface area contributed by atoms with Crippen LogP contribution in [0.25, 0.3) is 0 Å². The number of aliphatic carboxylic acids is 1. The van der Waals surface area contributed by atoms with E-state index in [2.05, 4.69) is 10.8 Å². The van der Waals surface area contributed by atoms with E-state index in [-0.39, 0.29) is 19.1 Å². The summed E-state index contributed by atoms with van der Waals surface area (Å²) in [5.74, 6) is -3.07. The highest BCUT2D eigenvalue weighted by Crippen LogP contribution is 2.30. The van der Waals surface area contributed by atoms with Crippen molar-refractivity contribution in [3.05, 3.63) is 35.9 Å². The van der Waals surface area contributed by atoms with Gasteiger partial charge in [-0.3, -0.25) is 19.2 Å². The lowest BCUT2D eigenvalue weighted by molar-refractivity contribution is -0.149. The zero-order valence-corrected chi connectivity index (χ0v) is 13.4. The Morgan fingerprint density at radius 3 is 2.42 bits per heavy atom. The summed E-state index contributed by atoms with van der Waals surface area (Å²) in [6.07, 6.45) is 2.68. The number of carbonyl (C=O) groups excluding carboxylic acids is 2. The minimum atomic E-state index is -0.953. The molecule has 0 unspecified atom stereocenters. The average molecular weight is 334 g/mol. The molecule has 0 spiro atoms. The smallest absolute Gasteiger partial charge is 0.307 e. The third-order valence-electron chi connectivity index (χ3n) is 4.11. The monoisotopic (exact) mass is 334 g/mol. The topological polar surface area (TPSA) is 105 Å². The van der Waals surface area contributed by atoms with E-state index in [0.717, 1.165) is 18.4 Å². The number of benzene rings is 1. The number of hydrogen-bond acceptors (Lipinski definition) is 4. The molecule has 0 bridgehead atoms. The zero-order valence-electron chi connectivity index (χ0n) is 13.4. The Morgan fingerprint density at radius 1 is 1.08 bits per heavy atom. The summed E-state index contributed by atoms with van der Waals surface area (Å²) in [4.78, 5) is 40.1. The van der Waals surface area contributed by atoms with Crippen molar-refractivity contribution in [2.75, 3.05) is 6.54 Å². The van der Waals surface area contributed by atoms with E-state index in [0.29, 0.717) is 12.8 Å². The first-order chi connectivity index (χ1) is 11.6. The maximum atomic E-state index is 12.1. The molecule has 3 N–H and O–H groups in total. The van der Waals surface area contributed by atoms with E-state index in [1.807, 2.05) is 30.3 Å². The van der Waals surface area contributed by atoms with Crippen LogP contribution in [0.15, 0.2) is 30.3 Å². The van der Waals surface area contributed by atoms with Crippen LogP contribution in [-0.2, 0) is 25.8 Å². The Balaban J connectivity index is 1.70. The van der Waals surface area contributed by atoms with Crippen LogP contribution in [0.4, 0.5) is 0 Å². The standard InChI is InChI=1S/C17H22N2O5/c20-15(19-24-11-12-6-2-1-3-7-12)10-18-16(21)13-8-4-5-9-14(13)17(22)23/h1-3,6-7,13-14H,4-5,8-11H2,(H,18,21)(H,19,20)(H,22,23)/t13-,14+/m0/s1. The Morgan fingerprint density at radius 2 is 1.75 bits per heavy atom. The van der Waals surface area contributed by atoms with Gasteiger partial charge in [0, 0.05) is 0 Å². The molecule has 0 radical (unpaired) electrons.